The first-order valence-electron chi connectivity index (χ1n) is 10.6. The number of carbonyl (C=O) groups is 1. The molecule has 1 aromatic heterocycles. The molecule has 1 aliphatic rings. The second-order valence-electron chi connectivity index (χ2n) is 7.65. The lowest BCUT2D eigenvalue weighted by Gasteiger charge is -2.27. The van der Waals surface area contributed by atoms with E-state index in [-0.39, 0.29) is 17.2 Å². The molecule has 1 aliphatic heterocycles. The van der Waals surface area contributed by atoms with E-state index < -0.39 is 0 Å². The van der Waals surface area contributed by atoms with Gasteiger partial charge in [0.15, 0.2) is 16.7 Å². The van der Waals surface area contributed by atoms with Gasteiger partial charge in [-0.1, -0.05) is 42.1 Å². The van der Waals surface area contributed by atoms with Gasteiger partial charge in [0.1, 0.15) is 0 Å². The van der Waals surface area contributed by atoms with Gasteiger partial charge in [-0.15, -0.1) is 0 Å². The number of benzene rings is 2. The zero-order valence-electron chi connectivity index (χ0n) is 18.6. The third-order valence-electron chi connectivity index (χ3n) is 5.38. The maximum Gasteiger partial charge on any atom is 0.256 e. The Morgan fingerprint density at radius 2 is 1.94 bits per heavy atom. The second-order valence-corrected chi connectivity index (χ2v) is 8.61. The molecule has 172 valence electrons. The van der Waals surface area contributed by atoms with Gasteiger partial charge in [0.2, 0.25) is 5.91 Å². The summed E-state index contributed by atoms with van der Waals surface area (Å²) in [5.74, 6) is 1.03. The molecule has 3 aromatic rings. The molecule has 0 bridgehead atoms. The third kappa shape index (κ3) is 5.74. The number of rotatable bonds is 8. The van der Waals surface area contributed by atoms with E-state index in [1.165, 1.54) is 24.4 Å². The summed E-state index contributed by atoms with van der Waals surface area (Å²) in [6.07, 6.45) is 0.706. The molecule has 33 heavy (non-hydrogen) atoms. The van der Waals surface area contributed by atoms with Crippen molar-refractivity contribution >= 4 is 23.4 Å². The van der Waals surface area contributed by atoms with Crippen molar-refractivity contribution in [3.8, 4) is 11.5 Å². The van der Waals surface area contributed by atoms with Crippen LogP contribution in [0.15, 0.2) is 58.5 Å². The van der Waals surface area contributed by atoms with Crippen LogP contribution < -0.4 is 20.3 Å². The lowest BCUT2D eigenvalue weighted by Crippen LogP contribution is -2.35. The Bertz CT molecular complexity index is 1180. The van der Waals surface area contributed by atoms with Crippen LogP contribution in [0.2, 0.25) is 0 Å². The Balaban J connectivity index is 1.36. The van der Waals surface area contributed by atoms with Gasteiger partial charge in [-0.3, -0.25) is 14.5 Å². The molecule has 0 aliphatic carbocycles. The molecule has 0 fully saturated rings. The minimum Gasteiger partial charge on any atom is -0.493 e. The van der Waals surface area contributed by atoms with E-state index in [1.807, 2.05) is 18.2 Å². The Labute approximate surface area is 196 Å². The highest BCUT2D eigenvalue weighted by atomic mass is 32.2. The maximum atomic E-state index is 12.7. The smallest absolute Gasteiger partial charge is 0.256 e. The molecule has 0 saturated heterocycles. The highest BCUT2D eigenvalue weighted by molar-refractivity contribution is 7.99. The summed E-state index contributed by atoms with van der Waals surface area (Å²) in [6.45, 7) is 2.20. The van der Waals surface area contributed by atoms with Crippen molar-refractivity contribution in [1.29, 1.82) is 0 Å². The van der Waals surface area contributed by atoms with Crippen molar-refractivity contribution in [3.63, 3.8) is 0 Å². The summed E-state index contributed by atoms with van der Waals surface area (Å²) in [5, 5.41) is 3.28. The molecular weight excluding hydrogens is 440 g/mol. The molecule has 2 heterocycles. The van der Waals surface area contributed by atoms with Crippen LogP contribution in [-0.2, 0) is 24.3 Å². The number of nitrogens with one attached hydrogen (secondary N) is 2. The van der Waals surface area contributed by atoms with Gasteiger partial charge in [-0.05, 0) is 17.7 Å². The fraction of sp³-hybridized carbons (Fsp3) is 0.292. The topological polar surface area (TPSA) is 96.5 Å². The molecule has 0 radical (unpaired) electrons. The molecule has 0 atom stereocenters. The van der Waals surface area contributed by atoms with E-state index >= 15 is 0 Å². The number of fused-ring (bicyclic) bond motifs is 1. The molecule has 4 rings (SSSR count). The van der Waals surface area contributed by atoms with Crippen molar-refractivity contribution in [2.45, 2.75) is 24.7 Å². The third-order valence-corrected chi connectivity index (χ3v) is 6.26. The van der Waals surface area contributed by atoms with Crippen molar-refractivity contribution in [2.75, 3.05) is 31.8 Å². The zero-order chi connectivity index (χ0) is 23.2. The number of hydrogen-bond donors (Lipinski definition) is 2. The van der Waals surface area contributed by atoms with Crippen molar-refractivity contribution in [1.82, 2.24) is 14.9 Å². The molecule has 0 spiro atoms. The number of thioether (sulfide) groups is 1. The zero-order valence-corrected chi connectivity index (χ0v) is 19.4. The minimum absolute atomic E-state index is 0.121. The van der Waals surface area contributed by atoms with Crippen LogP contribution in [-0.4, -0.2) is 47.3 Å². The number of carbonyl (C=O) groups excluding carboxylic acids is 1. The number of nitrogens with zero attached hydrogens (tertiary/aromatic N) is 2. The first kappa shape index (κ1) is 22.9. The van der Waals surface area contributed by atoms with E-state index in [1.54, 1.807) is 25.3 Å². The van der Waals surface area contributed by atoms with E-state index in [9.17, 15) is 9.59 Å². The summed E-state index contributed by atoms with van der Waals surface area (Å²) in [7, 11) is 3.10. The molecule has 2 N–H and O–H groups in total. The summed E-state index contributed by atoms with van der Waals surface area (Å²) in [5.41, 5.74) is 3.20. The maximum absolute atomic E-state index is 12.7. The fourth-order valence-electron chi connectivity index (χ4n) is 3.75. The normalized spacial score (nSPS) is 13.3. The van der Waals surface area contributed by atoms with Crippen LogP contribution in [0.3, 0.4) is 0 Å². The number of H-pyrrole nitrogens is 1. The van der Waals surface area contributed by atoms with Crippen LogP contribution in [0.5, 0.6) is 11.5 Å². The van der Waals surface area contributed by atoms with E-state index in [0.29, 0.717) is 40.9 Å². The molecule has 0 unspecified atom stereocenters. The lowest BCUT2D eigenvalue weighted by atomic mass is 10.1. The number of methoxy groups -OCH3 is 2. The Kier molecular flexibility index (Phi) is 7.31. The van der Waals surface area contributed by atoms with E-state index in [4.69, 9.17) is 9.47 Å². The van der Waals surface area contributed by atoms with Gasteiger partial charge < -0.3 is 19.8 Å². The van der Waals surface area contributed by atoms with Crippen LogP contribution in [0.4, 0.5) is 5.69 Å². The van der Waals surface area contributed by atoms with Crippen LogP contribution >= 0.6 is 11.8 Å². The quantitative estimate of drug-likeness (QED) is 0.389. The number of ether oxygens (including phenoxy) is 2. The van der Waals surface area contributed by atoms with Crippen LogP contribution in [0.25, 0.3) is 0 Å². The number of anilines is 1. The van der Waals surface area contributed by atoms with Gasteiger partial charge in [-0.25, -0.2) is 4.98 Å². The number of aromatic nitrogens is 2. The standard InChI is InChI=1S/C24H26N4O4S/c1-31-20-9-8-17(12-21(20)32-2)25-22(29)15-33-24-26-19-10-11-28(14-18(19)23(30)27-24)13-16-6-4-3-5-7-16/h3-9,12H,10-11,13-15H2,1-2H3,(H,25,29)(H,26,27,30). The van der Waals surface area contributed by atoms with Gasteiger partial charge >= 0.3 is 0 Å². The predicted octanol–water partition coefficient (Wildman–Crippen LogP) is 3.08. The monoisotopic (exact) mass is 466 g/mol. The SMILES string of the molecule is COc1ccc(NC(=O)CSc2nc3c(c(=O)[nH]2)CN(Cc2ccccc2)CC3)cc1OC. The van der Waals surface area contributed by atoms with Gasteiger partial charge in [0, 0.05) is 37.8 Å². The minimum atomic E-state index is -0.207. The fourth-order valence-corrected chi connectivity index (χ4v) is 4.43. The molecular formula is C24H26N4O4S. The van der Waals surface area contributed by atoms with Crippen LogP contribution in [0, 0.1) is 0 Å². The summed E-state index contributed by atoms with van der Waals surface area (Å²) < 4.78 is 10.5. The van der Waals surface area contributed by atoms with Crippen molar-refractivity contribution in [2.24, 2.45) is 0 Å². The van der Waals surface area contributed by atoms with E-state index in [0.717, 1.165) is 18.8 Å². The Hall–Kier alpha value is -3.30. The molecule has 9 heteroatoms. The van der Waals surface area contributed by atoms with Crippen LogP contribution in [0.1, 0.15) is 16.8 Å². The highest BCUT2D eigenvalue weighted by Gasteiger charge is 2.21. The molecule has 2 aromatic carbocycles. The van der Waals surface area contributed by atoms with Gasteiger partial charge in [-0.2, -0.15) is 0 Å². The van der Waals surface area contributed by atoms with Crippen molar-refractivity contribution in [3.05, 3.63) is 75.7 Å². The van der Waals surface area contributed by atoms with E-state index in [2.05, 4.69) is 32.3 Å². The molecule has 8 nitrogen and oxygen atoms in total. The number of amides is 1. The largest absolute Gasteiger partial charge is 0.493 e. The second kappa shape index (κ2) is 10.5. The first-order chi connectivity index (χ1) is 16.1. The average Bonchev–Trinajstić information content (AvgIpc) is 2.83. The summed E-state index contributed by atoms with van der Waals surface area (Å²) >= 11 is 1.21. The summed E-state index contributed by atoms with van der Waals surface area (Å²) in [6, 6.07) is 15.4. The number of aromatic amines is 1. The predicted molar refractivity (Wildman–Crippen MR) is 128 cm³/mol. The summed E-state index contributed by atoms with van der Waals surface area (Å²) in [4.78, 5) is 34.8. The molecule has 0 saturated carbocycles. The lowest BCUT2D eigenvalue weighted by molar-refractivity contribution is -0.113. The Morgan fingerprint density at radius 3 is 2.70 bits per heavy atom. The highest BCUT2D eigenvalue weighted by Crippen LogP contribution is 2.30. The molecule has 1 amide bonds. The Morgan fingerprint density at radius 1 is 1.15 bits per heavy atom. The first-order valence-corrected chi connectivity index (χ1v) is 11.6. The van der Waals surface area contributed by atoms with Gasteiger partial charge in [0.05, 0.1) is 31.2 Å². The average molecular weight is 467 g/mol. The van der Waals surface area contributed by atoms with Gasteiger partial charge in [0.25, 0.3) is 5.56 Å². The van der Waals surface area contributed by atoms with Crippen molar-refractivity contribution < 1.29 is 14.3 Å². The number of hydrogen-bond acceptors (Lipinski definition) is 7.